The lowest BCUT2D eigenvalue weighted by Crippen LogP contribution is -2.29. The molecule has 1 aromatic rings. The summed E-state index contributed by atoms with van der Waals surface area (Å²) >= 11 is 0. The van der Waals surface area contributed by atoms with Crippen molar-refractivity contribution < 1.29 is 14.6 Å². The molecule has 0 saturated carbocycles. The number of rotatable bonds is 1. The van der Waals surface area contributed by atoms with Gasteiger partial charge in [0.05, 0.1) is 11.8 Å². The third-order valence-corrected chi connectivity index (χ3v) is 1.94. The Morgan fingerprint density at radius 2 is 2.23 bits per heavy atom. The van der Waals surface area contributed by atoms with E-state index in [-0.39, 0.29) is 5.56 Å². The highest BCUT2D eigenvalue weighted by Crippen LogP contribution is 1.93. The van der Waals surface area contributed by atoms with E-state index in [1.54, 1.807) is 24.5 Å². The minimum atomic E-state index is -0.915. The molecule has 1 aliphatic rings. The molecule has 0 radical (unpaired) electrons. The van der Waals surface area contributed by atoms with Gasteiger partial charge in [-0.2, -0.15) is 0 Å². The summed E-state index contributed by atoms with van der Waals surface area (Å²) in [4.78, 5) is 10.6. The van der Waals surface area contributed by atoms with Gasteiger partial charge in [-0.25, -0.2) is 4.79 Å². The fraction of sp³-hybridized carbons (Fsp3) is 0.100. The summed E-state index contributed by atoms with van der Waals surface area (Å²) < 4.78 is 5.06. The first-order valence-electron chi connectivity index (χ1n) is 3.93. The maximum absolute atomic E-state index is 10.6. The van der Waals surface area contributed by atoms with Gasteiger partial charge in [-0.05, 0) is 23.4 Å². The highest BCUT2D eigenvalue weighted by molar-refractivity contribution is 5.87. The number of fused-ring (bicyclic) bond motifs is 1. The van der Waals surface area contributed by atoms with E-state index in [9.17, 15) is 4.79 Å². The fourth-order valence-electron chi connectivity index (χ4n) is 1.27. The fourth-order valence-corrected chi connectivity index (χ4v) is 1.27. The highest BCUT2D eigenvalue weighted by atomic mass is 16.5. The number of carbonyl (C=O) groups is 1. The van der Waals surface area contributed by atoms with Crippen LogP contribution in [0.25, 0.3) is 12.3 Å². The summed E-state index contributed by atoms with van der Waals surface area (Å²) in [5.41, 5.74) is 0.286. The van der Waals surface area contributed by atoms with Crippen molar-refractivity contribution in [2.45, 2.75) is 0 Å². The minimum Gasteiger partial charge on any atom is -0.496 e. The van der Waals surface area contributed by atoms with Crippen molar-refractivity contribution in [1.29, 1.82) is 0 Å². The topological polar surface area (TPSA) is 46.5 Å². The zero-order valence-electron chi connectivity index (χ0n) is 6.86. The van der Waals surface area contributed by atoms with Crippen LogP contribution in [0.4, 0.5) is 0 Å². The third-order valence-electron chi connectivity index (χ3n) is 1.94. The normalized spacial score (nSPS) is 13.2. The van der Waals surface area contributed by atoms with E-state index in [1.807, 2.05) is 6.08 Å². The second kappa shape index (κ2) is 2.94. The molecular formula is C10H8O3. The summed E-state index contributed by atoms with van der Waals surface area (Å²) in [5, 5.41) is 10.6. The largest absolute Gasteiger partial charge is 0.496 e. The smallest absolute Gasteiger partial charge is 0.335 e. The average Bonchev–Trinajstić information content (AvgIpc) is 2.17. The molecule has 1 aliphatic heterocycles. The summed E-state index contributed by atoms with van der Waals surface area (Å²) in [7, 11) is 0. The second-order valence-electron chi connectivity index (χ2n) is 2.80. The molecular weight excluding hydrogens is 168 g/mol. The van der Waals surface area contributed by atoms with E-state index in [0.717, 1.165) is 10.4 Å². The Labute approximate surface area is 74.6 Å². The maximum atomic E-state index is 10.6. The molecule has 3 heteroatoms. The molecule has 0 saturated heterocycles. The Morgan fingerprint density at radius 1 is 1.38 bits per heavy atom. The van der Waals surface area contributed by atoms with Gasteiger partial charge in [0.1, 0.15) is 6.61 Å². The van der Waals surface area contributed by atoms with Gasteiger partial charge in [-0.1, -0.05) is 6.07 Å². The van der Waals surface area contributed by atoms with Crippen LogP contribution in [0.3, 0.4) is 0 Å². The number of aromatic carboxylic acids is 1. The van der Waals surface area contributed by atoms with Crippen LogP contribution in [0.5, 0.6) is 0 Å². The van der Waals surface area contributed by atoms with Crippen LogP contribution < -0.4 is 10.4 Å². The predicted octanol–water partition coefficient (Wildman–Crippen LogP) is -0.0665. The van der Waals surface area contributed by atoms with Crippen molar-refractivity contribution in [1.82, 2.24) is 0 Å². The van der Waals surface area contributed by atoms with Crippen LogP contribution in [0.1, 0.15) is 10.4 Å². The number of hydrogen-bond donors (Lipinski definition) is 1. The lowest BCUT2D eigenvalue weighted by molar-refractivity contribution is 0.0697. The van der Waals surface area contributed by atoms with E-state index in [2.05, 4.69) is 0 Å². The molecule has 0 aliphatic carbocycles. The molecule has 1 aromatic carbocycles. The zero-order valence-corrected chi connectivity index (χ0v) is 6.86. The number of benzene rings is 1. The number of carboxylic acids is 1. The molecule has 0 unspecified atom stereocenters. The van der Waals surface area contributed by atoms with Gasteiger partial charge in [-0.3, -0.25) is 0 Å². The summed E-state index contributed by atoms with van der Waals surface area (Å²) in [5.74, 6) is -0.915. The van der Waals surface area contributed by atoms with Gasteiger partial charge in [0.25, 0.3) is 0 Å². The quantitative estimate of drug-likeness (QED) is 0.651. The zero-order chi connectivity index (χ0) is 9.26. The van der Waals surface area contributed by atoms with E-state index < -0.39 is 5.97 Å². The van der Waals surface area contributed by atoms with Gasteiger partial charge < -0.3 is 9.84 Å². The molecule has 0 atom stereocenters. The van der Waals surface area contributed by atoms with E-state index >= 15 is 0 Å². The molecule has 1 N–H and O–H groups in total. The van der Waals surface area contributed by atoms with Crippen molar-refractivity contribution in [2.75, 3.05) is 6.61 Å². The molecule has 0 bridgehead atoms. The van der Waals surface area contributed by atoms with E-state index in [1.165, 1.54) is 0 Å². The number of carboxylic acid groups (broad SMARTS) is 1. The Morgan fingerprint density at radius 3 is 3.00 bits per heavy atom. The summed E-state index contributed by atoms with van der Waals surface area (Å²) in [6.45, 7) is 0.555. The molecule has 3 nitrogen and oxygen atoms in total. The van der Waals surface area contributed by atoms with Gasteiger partial charge in [0, 0.05) is 5.22 Å². The Kier molecular flexibility index (Phi) is 1.77. The predicted molar refractivity (Wildman–Crippen MR) is 47.5 cm³/mol. The molecule has 1 heterocycles. The molecule has 13 heavy (non-hydrogen) atoms. The van der Waals surface area contributed by atoms with Gasteiger partial charge >= 0.3 is 5.97 Å². The Balaban J connectivity index is 2.67. The second-order valence-corrected chi connectivity index (χ2v) is 2.80. The van der Waals surface area contributed by atoms with Gasteiger partial charge in [0.2, 0.25) is 0 Å². The van der Waals surface area contributed by atoms with Crippen LogP contribution in [0.15, 0.2) is 18.2 Å². The molecule has 66 valence electrons. The standard InChI is InChI=1S/C10H8O3/c11-10(12)8-2-1-7-3-4-13-6-9(7)5-8/h1-3,5-6H,4H2,(H,11,12). The molecule has 0 spiro atoms. The van der Waals surface area contributed by atoms with Crippen LogP contribution in [0, 0.1) is 0 Å². The average molecular weight is 176 g/mol. The first kappa shape index (κ1) is 7.86. The molecule has 2 rings (SSSR count). The van der Waals surface area contributed by atoms with Crippen molar-refractivity contribution in [3.8, 4) is 0 Å². The van der Waals surface area contributed by atoms with Gasteiger partial charge in [-0.15, -0.1) is 0 Å². The monoisotopic (exact) mass is 176 g/mol. The summed E-state index contributed by atoms with van der Waals surface area (Å²) in [6, 6.07) is 4.99. The maximum Gasteiger partial charge on any atom is 0.335 e. The van der Waals surface area contributed by atoms with Crippen molar-refractivity contribution in [3.05, 3.63) is 34.2 Å². The van der Waals surface area contributed by atoms with Crippen molar-refractivity contribution in [3.63, 3.8) is 0 Å². The molecule has 0 fully saturated rings. The van der Waals surface area contributed by atoms with Crippen LogP contribution in [0.2, 0.25) is 0 Å². The summed E-state index contributed by atoms with van der Waals surface area (Å²) in [6.07, 6.45) is 3.50. The SMILES string of the molecule is O=C(O)c1ccc2c(c1)=COCC=2. The Bertz CT molecular complexity index is 460. The first-order chi connectivity index (χ1) is 6.27. The van der Waals surface area contributed by atoms with E-state index in [0.29, 0.717) is 6.61 Å². The number of hydrogen-bond acceptors (Lipinski definition) is 2. The van der Waals surface area contributed by atoms with Crippen molar-refractivity contribution in [2.24, 2.45) is 0 Å². The Hall–Kier alpha value is -1.77. The van der Waals surface area contributed by atoms with Crippen LogP contribution in [-0.4, -0.2) is 17.7 Å². The molecule has 0 aromatic heterocycles. The van der Waals surface area contributed by atoms with Crippen LogP contribution in [-0.2, 0) is 4.74 Å². The lowest BCUT2D eigenvalue weighted by atomic mass is 10.1. The lowest BCUT2D eigenvalue weighted by Gasteiger charge is -2.02. The third kappa shape index (κ3) is 1.40. The first-order valence-corrected chi connectivity index (χ1v) is 3.93. The minimum absolute atomic E-state index is 0.286. The van der Waals surface area contributed by atoms with Gasteiger partial charge in [0.15, 0.2) is 0 Å². The number of ether oxygens (including phenoxy) is 1. The highest BCUT2D eigenvalue weighted by Gasteiger charge is 2.02. The molecule has 0 amide bonds. The van der Waals surface area contributed by atoms with Crippen LogP contribution >= 0.6 is 0 Å². The van der Waals surface area contributed by atoms with Crippen molar-refractivity contribution >= 4 is 18.3 Å². The van der Waals surface area contributed by atoms with E-state index in [4.69, 9.17) is 9.84 Å².